The van der Waals surface area contributed by atoms with Gasteiger partial charge in [-0.25, -0.2) is 4.79 Å². The Labute approximate surface area is 189 Å². The second-order valence-corrected chi connectivity index (χ2v) is 8.55. The number of nitrogens with one attached hydrogen (secondary N) is 1. The molecule has 0 amide bonds. The van der Waals surface area contributed by atoms with Crippen LogP contribution in [-0.2, 0) is 19.1 Å². The molecule has 1 aromatic heterocycles. The van der Waals surface area contributed by atoms with E-state index in [0.29, 0.717) is 21.9 Å². The Bertz CT molecular complexity index is 1080. The molecule has 0 aliphatic carbocycles. The molecule has 0 fully saturated rings. The number of hydrogen-bond acceptors (Lipinski definition) is 8. The molecule has 1 aliphatic rings. The van der Waals surface area contributed by atoms with Gasteiger partial charge in [0, 0.05) is 4.88 Å². The zero-order valence-electron chi connectivity index (χ0n) is 17.4. The molecule has 0 radical (unpaired) electrons. The molecule has 31 heavy (non-hydrogen) atoms. The molecule has 0 saturated carbocycles. The van der Waals surface area contributed by atoms with Crippen molar-refractivity contribution >= 4 is 40.7 Å². The minimum absolute atomic E-state index is 0.0387. The topological polar surface area (TPSA) is 88.4 Å². The number of esters is 2. The first-order valence-corrected chi connectivity index (χ1v) is 11.5. The summed E-state index contributed by atoms with van der Waals surface area (Å²) in [7, 11) is 1.32. The largest absolute Gasteiger partial charge is 0.468 e. The molecule has 0 bridgehead atoms. The fourth-order valence-corrected chi connectivity index (χ4v) is 5.21. The summed E-state index contributed by atoms with van der Waals surface area (Å²) in [5.41, 5.74) is 3.11. The summed E-state index contributed by atoms with van der Waals surface area (Å²) < 4.78 is 10.2. The first kappa shape index (κ1) is 22.7. The molecule has 6 nitrogen and oxygen atoms in total. The number of allylic oxidation sites excluding steroid dienone is 1. The molecule has 0 unspecified atom stereocenters. The number of carbonyl (C=O) groups excluding carboxylic acids is 2. The van der Waals surface area contributed by atoms with Crippen LogP contribution in [0.5, 0.6) is 0 Å². The van der Waals surface area contributed by atoms with Crippen LogP contribution in [-0.4, -0.2) is 31.4 Å². The molecule has 8 heteroatoms. The standard InChI is InChI=1S/C23H22N2O4S2/c1-4-29-23(27)19-18(21-14(2)10-11-30-21)16(12-24)22(31-13-17(26)28-3)25-20(19)15-8-6-5-7-9-15/h5-11,18,25H,4,13H2,1-3H3/t18-/m0/s1. The number of nitriles is 1. The van der Waals surface area contributed by atoms with Crippen molar-refractivity contribution in [2.75, 3.05) is 19.5 Å². The third-order valence-corrected chi connectivity index (χ3v) is 6.81. The fourth-order valence-electron chi connectivity index (χ4n) is 3.29. The number of benzene rings is 1. The highest BCUT2D eigenvalue weighted by molar-refractivity contribution is 8.03. The van der Waals surface area contributed by atoms with Crippen molar-refractivity contribution in [2.45, 2.75) is 19.8 Å². The zero-order valence-corrected chi connectivity index (χ0v) is 19.1. The smallest absolute Gasteiger partial charge is 0.337 e. The number of dihydropyridines is 1. The van der Waals surface area contributed by atoms with E-state index < -0.39 is 17.9 Å². The van der Waals surface area contributed by atoms with Crippen LogP contribution in [0.2, 0.25) is 0 Å². The quantitative estimate of drug-likeness (QED) is 0.622. The Morgan fingerprint density at radius 2 is 2.00 bits per heavy atom. The van der Waals surface area contributed by atoms with Gasteiger partial charge in [-0.3, -0.25) is 4.79 Å². The van der Waals surface area contributed by atoms with Crippen molar-refractivity contribution in [1.82, 2.24) is 5.32 Å². The Morgan fingerprint density at radius 1 is 1.26 bits per heavy atom. The number of hydrogen-bond donors (Lipinski definition) is 1. The highest BCUT2D eigenvalue weighted by Crippen LogP contribution is 2.45. The van der Waals surface area contributed by atoms with Gasteiger partial charge >= 0.3 is 11.9 Å². The van der Waals surface area contributed by atoms with E-state index in [1.165, 1.54) is 30.2 Å². The van der Waals surface area contributed by atoms with Crippen LogP contribution in [0.3, 0.4) is 0 Å². The minimum Gasteiger partial charge on any atom is -0.468 e. The molecule has 1 aliphatic heterocycles. The Morgan fingerprint density at radius 3 is 2.58 bits per heavy atom. The highest BCUT2D eigenvalue weighted by atomic mass is 32.2. The number of rotatable bonds is 7. The fraction of sp³-hybridized carbons (Fsp3) is 0.261. The summed E-state index contributed by atoms with van der Waals surface area (Å²) in [5.74, 6) is -1.43. The van der Waals surface area contributed by atoms with E-state index in [-0.39, 0.29) is 12.4 Å². The van der Waals surface area contributed by atoms with Gasteiger partial charge in [0.05, 0.1) is 53.3 Å². The van der Waals surface area contributed by atoms with Gasteiger partial charge in [0.25, 0.3) is 0 Å². The molecular formula is C23H22N2O4S2. The van der Waals surface area contributed by atoms with Gasteiger partial charge in [-0.1, -0.05) is 42.1 Å². The molecular weight excluding hydrogens is 432 g/mol. The van der Waals surface area contributed by atoms with E-state index >= 15 is 0 Å². The van der Waals surface area contributed by atoms with Gasteiger partial charge in [0.15, 0.2) is 0 Å². The molecule has 1 N–H and O–H groups in total. The summed E-state index contributed by atoms with van der Waals surface area (Å²) in [5, 5.41) is 15.8. The lowest BCUT2D eigenvalue weighted by atomic mass is 9.84. The number of methoxy groups -OCH3 is 1. The third-order valence-electron chi connectivity index (χ3n) is 4.73. The summed E-state index contributed by atoms with van der Waals surface area (Å²) in [6.45, 7) is 3.92. The van der Waals surface area contributed by atoms with E-state index in [1.807, 2.05) is 48.7 Å². The monoisotopic (exact) mass is 454 g/mol. The van der Waals surface area contributed by atoms with E-state index in [9.17, 15) is 14.9 Å². The first-order chi connectivity index (χ1) is 15.0. The molecule has 2 heterocycles. The molecule has 0 spiro atoms. The Balaban J connectivity index is 2.24. The lowest BCUT2D eigenvalue weighted by molar-refractivity contribution is -0.139. The number of ether oxygens (including phenoxy) is 2. The lowest BCUT2D eigenvalue weighted by Crippen LogP contribution is -2.29. The average Bonchev–Trinajstić information content (AvgIpc) is 3.22. The van der Waals surface area contributed by atoms with Gasteiger partial charge in [-0.2, -0.15) is 5.26 Å². The SMILES string of the molecule is CCOC(=O)C1=C(c2ccccc2)NC(SCC(=O)OC)=C(C#N)[C@@H]1c1sccc1C. The van der Waals surface area contributed by atoms with Gasteiger partial charge in [0.2, 0.25) is 0 Å². The Hall–Kier alpha value is -3.02. The van der Waals surface area contributed by atoms with Gasteiger partial charge in [-0.15, -0.1) is 11.3 Å². The maximum atomic E-state index is 13.2. The number of thioether (sulfide) groups is 1. The predicted octanol–water partition coefficient (Wildman–Crippen LogP) is 4.36. The van der Waals surface area contributed by atoms with Crippen LogP contribution in [0, 0.1) is 18.3 Å². The summed E-state index contributed by atoms with van der Waals surface area (Å²) in [6, 6.07) is 13.7. The maximum absolute atomic E-state index is 13.2. The van der Waals surface area contributed by atoms with Crippen molar-refractivity contribution in [1.29, 1.82) is 5.26 Å². The predicted molar refractivity (Wildman–Crippen MR) is 122 cm³/mol. The van der Waals surface area contributed by atoms with E-state index in [0.717, 1.165) is 16.0 Å². The van der Waals surface area contributed by atoms with Crippen LogP contribution in [0.4, 0.5) is 0 Å². The molecule has 1 aromatic carbocycles. The van der Waals surface area contributed by atoms with Crippen LogP contribution >= 0.6 is 23.1 Å². The van der Waals surface area contributed by atoms with E-state index in [2.05, 4.69) is 11.4 Å². The van der Waals surface area contributed by atoms with Gasteiger partial charge < -0.3 is 14.8 Å². The normalized spacial score (nSPS) is 15.9. The van der Waals surface area contributed by atoms with Crippen LogP contribution < -0.4 is 5.32 Å². The van der Waals surface area contributed by atoms with Crippen molar-refractivity contribution in [3.05, 3.63) is 74.0 Å². The number of aryl methyl sites for hydroxylation is 1. The molecule has 2 aromatic rings. The summed E-state index contributed by atoms with van der Waals surface area (Å²) in [6.07, 6.45) is 0. The maximum Gasteiger partial charge on any atom is 0.337 e. The van der Waals surface area contributed by atoms with Crippen molar-refractivity contribution in [3.8, 4) is 6.07 Å². The number of carbonyl (C=O) groups is 2. The van der Waals surface area contributed by atoms with Crippen molar-refractivity contribution in [3.63, 3.8) is 0 Å². The second kappa shape index (κ2) is 10.3. The van der Waals surface area contributed by atoms with Gasteiger partial charge in [-0.05, 0) is 36.4 Å². The highest BCUT2D eigenvalue weighted by Gasteiger charge is 2.38. The summed E-state index contributed by atoms with van der Waals surface area (Å²) >= 11 is 2.67. The lowest BCUT2D eigenvalue weighted by Gasteiger charge is -2.30. The Kier molecular flexibility index (Phi) is 7.55. The summed E-state index contributed by atoms with van der Waals surface area (Å²) in [4.78, 5) is 25.8. The molecule has 160 valence electrons. The third kappa shape index (κ3) is 4.84. The second-order valence-electron chi connectivity index (χ2n) is 6.62. The average molecular weight is 455 g/mol. The molecule has 1 atom stereocenters. The molecule has 0 saturated heterocycles. The zero-order chi connectivity index (χ0) is 22.4. The van der Waals surface area contributed by atoms with Crippen LogP contribution in [0.15, 0.2) is 58.0 Å². The van der Waals surface area contributed by atoms with Gasteiger partial charge in [0.1, 0.15) is 0 Å². The van der Waals surface area contributed by atoms with E-state index in [4.69, 9.17) is 9.47 Å². The van der Waals surface area contributed by atoms with Crippen LogP contribution in [0.1, 0.15) is 28.8 Å². The molecule has 3 rings (SSSR count). The van der Waals surface area contributed by atoms with Crippen molar-refractivity contribution < 1.29 is 19.1 Å². The minimum atomic E-state index is -0.597. The number of thiophene rings is 1. The first-order valence-electron chi connectivity index (χ1n) is 9.63. The number of nitrogens with zero attached hydrogens (tertiary/aromatic N) is 1. The van der Waals surface area contributed by atoms with Crippen molar-refractivity contribution in [2.24, 2.45) is 0 Å². The van der Waals surface area contributed by atoms with Crippen LogP contribution in [0.25, 0.3) is 5.70 Å². The van der Waals surface area contributed by atoms with E-state index in [1.54, 1.807) is 6.92 Å².